The maximum atomic E-state index is 10.2. The quantitative estimate of drug-likeness (QED) is 0.878. The first kappa shape index (κ1) is 12.6. The molecule has 0 radical (unpaired) electrons. The van der Waals surface area contributed by atoms with Gasteiger partial charge in [0.15, 0.2) is 0 Å². The Bertz CT molecular complexity index is 508. The number of hydrogen-bond donors (Lipinski definition) is 1. The highest BCUT2D eigenvalue weighted by molar-refractivity contribution is 5.34. The van der Waals surface area contributed by atoms with Gasteiger partial charge >= 0.3 is 0 Å². The fourth-order valence-electron chi connectivity index (χ4n) is 2.03. The number of para-hydroxylation sites is 1. The van der Waals surface area contributed by atoms with Crippen molar-refractivity contribution in [3.05, 3.63) is 47.8 Å². The number of aliphatic hydroxyl groups is 1. The summed E-state index contributed by atoms with van der Waals surface area (Å²) in [6, 6.07) is 9.53. The minimum Gasteiger partial charge on any atom is -0.496 e. The molecule has 0 aliphatic carbocycles. The summed E-state index contributed by atoms with van der Waals surface area (Å²) in [5.41, 5.74) is 1.95. The van der Waals surface area contributed by atoms with Crippen molar-refractivity contribution >= 4 is 0 Å². The number of benzene rings is 1. The zero-order valence-corrected chi connectivity index (χ0v) is 10.7. The lowest BCUT2D eigenvalue weighted by Crippen LogP contribution is -2.04. The zero-order valence-electron chi connectivity index (χ0n) is 10.7. The van der Waals surface area contributed by atoms with Crippen molar-refractivity contribution in [2.75, 3.05) is 7.11 Å². The highest BCUT2D eigenvalue weighted by Crippen LogP contribution is 2.27. The second-order valence-corrected chi connectivity index (χ2v) is 4.24. The molecule has 0 amide bonds. The van der Waals surface area contributed by atoms with E-state index in [4.69, 9.17) is 4.74 Å². The number of aryl methyl sites for hydroxylation is 2. The van der Waals surface area contributed by atoms with Crippen molar-refractivity contribution in [1.82, 2.24) is 9.78 Å². The van der Waals surface area contributed by atoms with Crippen LogP contribution in [-0.4, -0.2) is 22.0 Å². The van der Waals surface area contributed by atoms with Gasteiger partial charge in [0, 0.05) is 24.5 Å². The lowest BCUT2D eigenvalue weighted by Gasteiger charge is -2.14. The van der Waals surface area contributed by atoms with Crippen molar-refractivity contribution in [1.29, 1.82) is 0 Å². The maximum Gasteiger partial charge on any atom is 0.124 e. The van der Waals surface area contributed by atoms with Crippen LogP contribution in [0.2, 0.25) is 0 Å². The SMILES string of the molecule is COc1ccccc1C(O)CCc1ccnn1C. The summed E-state index contributed by atoms with van der Waals surface area (Å²) in [7, 11) is 3.53. The van der Waals surface area contributed by atoms with Gasteiger partial charge in [0.25, 0.3) is 0 Å². The van der Waals surface area contributed by atoms with E-state index in [0.29, 0.717) is 6.42 Å². The molecule has 0 aliphatic heterocycles. The Morgan fingerprint density at radius 1 is 1.33 bits per heavy atom. The topological polar surface area (TPSA) is 47.3 Å². The van der Waals surface area contributed by atoms with Crippen molar-refractivity contribution in [2.45, 2.75) is 18.9 Å². The molecule has 1 unspecified atom stereocenters. The fraction of sp³-hybridized carbons (Fsp3) is 0.357. The molecular weight excluding hydrogens is 228 g/mol. The first-order valence-electron chi connectivity index (χ1n) is 6.00. The van der Waals surface area contributed by atoms with Crippen molar-refractivity contribution < 1.29 is 9.84 Å². The number of rotatable bonds is 5. The number of aromatic nitrogens is 2. The summed E-state index contributed by atoms with van der Waals surface area (Å²) in [5.74, 6) is 0.731. The molecule has 4 heteroatoms. The van der Waals surface area contributed by atoms with Gasteiger partial charge in [-0.25, -0.2) is 0 Å². The molecule has 1 N–H and O–H groups in total. The maximum absolute atomic E-state index is 10.2. The van der Waals surface area contributed by atoms with E-state index in [-0.39, 0.29) is 0 Å². The molecule has 0 saturated heterocycles. The van der Waals surface area contributed by atoms with E-state index in [2.05, 4.69) is 5.10 Å². The van der Waals surface area contributed by atoms with Crippen LogP contribution in [-0.2, 0) is 13.5 Å². The lowest BCUT2D eigenvalue weighted by molar-refractivity contribution is 0.163. The van der Waals surface area contributed by atoms with Gasteiger partial charge in [-0.15, -0.1) is 0 Å². The van der Waals surface area contributed by atoms with Crippen molar-refractivity contribution in [3.63, 3.8) is 0 Å². The van der Waals surface area contributed by atoms with Crippen LogP contribution in [0.4, 0.5) is 0 Å². The third-order valence-corrected chi connectivity index (χ3v) is 3.09. The molecule has 0 fully saturated rings. The molecule has 2 aromatic rings. The fourth-order valence-corrected chi connectivity index (χ4v) is 2.03. The highest BCUT2D eigenvalue weighted by Gasteiger charge is 2.13. The van der Waals surface area contributed by atoms with Gasteiger partial charge in [-0.1, -0.05) is 18.2 Å². The van der Waals surface area contributed by atoms with Crippen LogP contribution in [0.1, 0.15) is 23.8 Å². The number of nitrogens with zero attached hydrogens (tertiary/aromatic N) is 2. The Morgan fingerprint density at radius 2 is 2.11 bits per heavy atom. The van der Waals surface area contributed by atoms with E-state index >= 15 is 0 Å². The molecule has 0 bridgehead atoms. The van der Waals surface area contributed by atoms with Crippen LogP contribution < -0.4 is 4.74 Å². The predicted molar refractivity (Wildman–Crippen MR) is 69.5 cm³/mol. The van der Waals surface area contributed by atoms with Crippen LogP contribution >= 0.6 is 0 Å². The third-order valence-electron chi connectivity index (χ3n) is 3.09. The van der Waals surface area contributed by atoms with Crippen molar-refractivity contribution in [2.24, 2.45) is 7.05 Å². The normalized spacial score (nSPS) is 12.4. The Kier molecular flexibility index (Phi) is 3.99. The molecule has 4 nitrogen and oxygen atoms in total. The molecule has 1 aromatic carbocycles. The number of methoxy groups -OCH3 is 1. The third kappa shape index (κ3) is 2.71. The van der Waals surface area contributed by atoms with E-state index in [1.165, 1.54) is 0 Å². The summed E-state index contributed by atoms with van der Waals surface area (Å²) in [4.78, 5) is 0. The lowest BCUT2D eigenvalue weighted by atomic mass is 10.0. The van der Waals surface area contributed by atoms with E-state index < -0.39 is 6.10 Å². The van der Waals surface area contributed by atoms with Crippen LogP contribution in [0.3, 0.4) is 0 Å². The Morgan fingerprint density at radius 3 is 2.78 bits per heavy atom. The predicted octanol–water partition coefficient (Wildman–Crippen LogP) is 2.09. The summed E-state index contributed by atoms with van der Waals surface area (Å²) < 4.78 is 7.08. The van der Waals surface area contributed by atoms with Gasteiger partial charge in [-0.3, -0.25) is 4.68 Å². The first-order chi connectivity index (χ1) is 8.72. The van der Waals surface area contributed by atoms with Crippen molar-refractivity contribution in [3.8, 4) is 5.75 Å². The van der Waals surface area contributed by atoms with Gasteiger partial charge in [0.05, 0.1) is 13.2 Å². The summed E-state index contributed by atoms with van der Waals surface area (Å²) >= 11 is 0. The van der Waals surface area contributed by atoms with Crippen LogP contribution in [0.15, 0.2) is 36.5 Å². The molecule has 1 aromatic heterocycles. The van der Waals surface area contributed by atoms with E-state index in [1.807, 2.05) is 42.1 Å². The van der Waals surface area contributed by atoms with Gasteiger partial charge in [0.1, 0.15) is 5.75 Å². The summed E-state index contributed by atoms with van der Waals surface area (Å²) in [6.07, 6.45) is 2.69. The average Bonchev–Trinajstić information content (AvgIpc) is 2.81. The van der Waals surface area contributed by atoms with Gasteiger partial charge in [-0.2, -0.15) is 5.10 Å². The molecule has 0 aliphatic rings. The number of hydrogen-bond acceptors (Lipinski definition) is 3. The van der Waals surface area contributed by atoms with E-state index in [9.17, 15) is 5.11 Å². The molecule has 1 heterocycles. The standard InChI is InChI=1S/C14H18N2O2/c1-16-11(9-10-15-16)7-8-13(17)12-5-3-4-6-14(12)18-2/h3-6,9-10,13,17H,7-8H2,1-2H3. The zero-order chi connectivity index (χ0) is 13.0. The van der Waals surface area contributed by atoms with Crippen LogP contribution in [0, 0.1) is 0 Å². The van der Waals surface area contributed by atoms with E-state index in [0.717, 1.165) is 23.4 Å². The van der Waals surface area contributed by atoms with Gasteiger partial charge in [-0.05, 0) is 25.0 Å². The monoisotopic (exact) mass is 246 g/mol. The molecule has 2 rings (SSSR count). The number of ether oxygens (including phenoxy) is 1. The number of aliphatic hydroxyl groups excluding tert-OH is 1. The Hall–Kier alpha value is -1.81. The van der Waals surface area contributed by atoms with Gasteiger partial charge in [0.2, 0.25) is 0 Å². The molecule has 96 valence electrons. The molecule has 18 heavy (non-hydrogen) atoms. The van der Waals surface area contributed by atoms with E-state index in [1.54, 1.807) is 13.3 Å². The largest absolute Gasteiger partial charge is 0.496 e. The molecule has 1 atom stereocenters. The average molecular weight is 246 g/mol. The second kappa shape index (κ2) is 5.69. The van der Waals surface area contributed by atoms with Crippen LogP contribution in [0.5, 0.6) is 5.75 Å². The minimum absolute atomic E-state index is 0.518. The molecule has 0 saturated carbocycles. The minimum atomic E-state index is -0.518. The second-order valence-electron chi connectivity index (χ2n) is 4.24. The van der Waals surface area contributed by atoms with Gasteiger partial charge < -0.3 is 9.84 Å². The Labute approximate surface area is 107 Å². The molecule has 0 spiro atoms. The summed E-state index contributed by atoms with van der Waals surface area (Å²) in [6.45, 7) is 0. The summed E-state index contributed by atoms with van der Waals surface area (Å²) in [5, 5.41) is 14.3. The van der Waals surface area contributed by atoms with Crippen LogP contribution in [0.25, 0.3) is 0 Å². The Balaban J connectivity index is 2.03. The molecular formula is C14H18N2O2. The highest BCUT2D eigenvalue weighted by atomic mass is 16.5. The smallest absolute Gasteiger partial charge is 0.124 e. The first-order valence-corrected chi connectivity index (χ1v) is 6.00.